The van der Waals surface area contributed by atoms with Gasteiger partial charge in [-0.2, -0.15) is 0 Å². The molecule has 0 fully saturated rings. The minimum absolute atomic E-state index is 0.0844. The third-order valence-corrected chi connectivity index (χ3v) is 5.55. The fraction of sp³-hybridized carbons (Fsp3) is 0.286. The van der Waals surface area contributed by atoms with Crippen molar-refractivity contribution in [2.24, 2.45) is 0 Å². The average molecular weight is 410 g/mol. The van der Waals surface area contributed by atoms with Crippen LogP contribution in [0, 0.1) is 0 Å². The molecule has 1 aromatic heterocycles. The van der Waals surface area contributed by atoms with E-state index in [0.717, 1.165) is 23.3 Å². The van der Waals surface area contributed by atoms with Crippen molar-refractivity contribution >= 4 is 17.7 Å². The van der Waals surface area contributed by atoms with E-state index in [4.69, 9.17) is 9.47 Å². The lowest BCUT2D eigenvalue weighted by molar-refractivity contribution is -0.119. The van der Waals surface area contributed by atoms with Gasteiger partial charge in [0.1, 0.15) is 0 Å². The maximum atomic E-state index is 12.3. The minimum atomic E-state index is -0.141. The van der Waals surface area contributed by atoms with E-state index in [-0.39, 0.29) is 24.5 Å². The van der Waals surface area contributed by atoms with E-state index in [1.165, 1.54) is 17.3 Å². The molecule has 2 aromatic carbocycles. The molecule has 8 heteroatoms. The second kappa shape index (κ2) is 8.57. The number of nitrogens with zero attached hydrogens (tertiary/aromatic N) is 2. The van der Waals surface area contributed by atoms with Crippen LogP contribution in [0.5, 0.6) is 11.5 Å². The van der Waals surface area contributed by atoms with Gasteiger partial charge in [-0.05, 0) is 36.6 Å². The van der Waals surface area contributed by atoms with E-state index in [1.54, 1.807) is 0 Å². The van der Waals surface area contributed by atoms with Crippen LogP contribution in [0.3, 0.4) is 0 Å². The fourth-order valence-corrected chi connectivity index (χ4v) is 3.63. The van der Waals surface area contributed by atoms with Gasteiger partial charge in [-0.1, -0.05) is 49.0 Å². The molecule has 0 unspecified atom stereocenters. The summed E-state index contributed by atoms with van der Waals surface area (Å²) in [5, 5.41) is 10.7. The number of aromatic amines is 1. The number of aryl methyl sites for hydroxylation is 1. The lowest BCUT2D eigenvalue weighted by Crippen LogP contribution is -2.28. The number of amides is 1. The molecule has 29 heavy (non-hydrogen) atoms. The number of benzene rings is 2. The van der Waals surface area contributed by atoms with Gasteiger partial charge in [0.15, 0.2) is 17.3 Å². The van der Waals surface area contributed by atoms with Crippen LogP contribution in [0.15, 0.2) is 47.6 Å². The Balaban J connectivity index is 1.31. The molecular formula is C21H22N4O3S. The second-order valence-electron chi connectivity index (χ2n) is 6.71. The first kappa shape index (κ1) is 19.3. The molecule has 7 nitrogen and oxygen atoms in total. The Labute approximate surface area is 173 Å². The molecule has 0 bridgehead atoms. The van der Waals surface area contributed by atoms with Gasteiger partial charge in [-0.15, -0.1) is 5.10 Å². The molecule has 1 amide bonds. The number of hydrogen-bond acceptors (Lipinski definition) is 6. The predicted octanol–water partition coefficient (Wildman–Crippen LogP) is 3.73. The maximum Gasteiger partial charge on any atom is 0.231 e. The van der Waals surface area contributed by atoms with Gasteiger partial charge >= 0.3 is 0 Å². The lowest BCUT2D eigenvalue weighted by atomic mass is 10.1. The van der Waals surface area contributed by atoms with E-state index in [0.29, 0.717) is 16.7 Å². The van der Waals surface area contributed by atoms with Crippen LogP contribution >= 0.6 is 11.8 Å². The van der Waals surface area contributed by atoms with Crippen LogP contribution in [0.25, 0.3) is 11.4 Å². The zero-order valence-corrected chi connectivity index (χ0v) is 17.1. The summed E-state index contributed by atoms with van der Waals surface area (Å²) in [6, 6.07) is 13.7. The summed E-state index contributed by atoms with van der Waals surface area (Å²) in [7, 11) is 0. The highest BCUT2D eigenvalue weighted by atomic mass is 32.2. The van der Waals surface area contributed by atoms with Gasteiger partial charge in [-0.3, -0.25) is 9.89 Å². The maximum absolute atomic E-state index is 12.3. The average Bonchev–Trinajstić information content (AvgIpc) is 3.41. The molecule has 0 radical (unpaired) electrons. The van der Waals surface area contributed by atoms with E-state index < -0.39 is 0 Å². The highest BCUT2D eigenvalue weighted by molar-refractivity contribution is 7.99. The van der Waals surface area contributed by atoms with Gasteiger partial charge in [0.05, 0.1) is 11.8 Å². The molecule has 4 rings (SSSR count). The van der Waals surface area contributed by atoms with E-state index >= 15 is 0 Å². The number of nitrogens with one attached hydrogen (secondary N) is 2. The largest absolute Gasteiger partial charge is 0.454 e. The number of ether oxygens (including phenoxy) is 2. The highest BCUT2D eigenvalue weighted by Crippen LogP contribution is 2.34. The molecule has 0 aliphatic carbocycles. The number of carbonyl (C=O) groups is 1. The van der Waals surface area contributed by atoms with Gasteiger partial charge in [0, 0.05) is 5.56 Å². The summed E-state index contributed by atoms with van der Waals surface area (Å²) in [6.45, 7) is 4.29. The Morgan fingerprint density at radius 3 is 2.79 bits per heavy atom. The van der Waals surface area contributed by atoms with Crippen LogP contribution in [-0.4, -0.2) is 33.6 Å². The summed E-state index contributed by atoms with van der Waals surface area (Å²) >= 11 is 1.30. The molecule has 1 atom stereocenters. The number of aromatic nitrogens is 3. The third-order valence-electron chi connectivity index (χ3n) is 4.71. The first-order valence-corrected chi connectivity index (χ1v) is 10.4. The highest BCUT2D eigenvalue weighted by Gasteiger charge is 2.17. The van der Waals surface area contributed by atoms with Crippen molar-refractivity contribution in [2.45, 2.75) is 31.5 Å². The Bertz CT molecular complexity index is 1000. The zero-order valence-electron chi connectivity index (χ0n) is 16.3. The number of rotatable bonds is 7. The number of hydrogen-bond donors (Lipinski definition) is 2. The molecule has 2 heterocycles. The smallest absolute Gasteiger partial charge is 0.231 e. The number of carbonyl (C=O) groups excluding carboxylic acids is 1. The molecule has 1 aliphatic heterocycles. The van der Waals surface area contributed by atoms with Gasteiger partial charge in [0.25, 0.3) is 0 Å². The molecular weight excluding hydrogens is 388 g/mol. The summed E-state index contributed by atoms with van der Waals surface area (Å²) in [6.07, 6.45) is 0.998. The Morgan fingerprint density at radius 1 is 1.21 bits per heavy atom. The van der Waals surface area contributed by atoms with Crippen molar-refractivity contribution in [1.29, 1.82) is 0 Å². The number of thioether (sulfide) groups is 1. The van der Waals surface area contributed by atoms with Crippen molar-refractivity contribution < 1.29 is 14.3 Å². The van der Waals surface area contributed by atoms with Crippen molar-refractivity contribution in [3.8, 4) is 22.9 Å². The van der Waals surface area contributed by atoms with Gasteiger partial charge in [0.2, 0.25) is 17.9 Å². The predicted molar refractivity (Wildman–Crippen MR) is 111 cm³/mol. The van der Waals surface area contributed by atoms with Crippen LogP contribution in [-0.2, 0) is 11.2 Å². The van der Waals surface area contributed by atoms with E-state index in [2.05, 4.69) is 39.6 Å². The van der Waals surface area contributed by atoms with E-state index in [1.807, 2.05) is 37.3 Å². The molecule has 0 saturated heterocycles. The van der Waals surface area contributed by atoms with Gasteiger partial charge in [-0.25, -0.2) is 4.98 Å². The summed E-state index contributed by atoms with van der Waals surface area (Å²) in [5.74, 6) is 2.29. The van der Waals surface area contributed by atoms with Crippen molar-refractivity contribution in [3.05, 3.63) is 53.6 Å². The number of H-pyrrole nitrogens is 1. The van der Waals surface area contributed by atoms with Crippen LogP contribution < -0.4 is 14.8 Å². The molecule has 2 N–H and O–H groups in total. The first-order chi connectivity index (χ1) is 14.1. The minimum Gasteiger partial charge on any atom is -0.454 e. The SMILES string of the molecule is CCc1ccc(-c2nc(SCC(=O)N[C@H](C)c3ccc4c(c3)OCO4)n[nH]2)cc1. The van der Waals surface area contributed by atoms with Crippen molar-refractivity contribution in [3.63, 3.8) is 0 Å². The van der Waals surface area contributed by atoms with Crippen LogP contribution in [0.2, 0.25) is 0 Å². The standard InChI is InChI=1S/C21H22N4O3S/c1-3-14-4-6-15(7-5-14)20-23-21(25-24-20)29-11-19(26)22-13(2)16-8-9-17-18(10-16)28-12-27-17/h4-10,13H,3,11-12H2,1-2H3,(H,22,26)(H,23,24,25)/t13-/m1/s1. The summed E-state index contributed by atoms with van der Waals surface area (Å²) in [5.41, 5.74) is 3.21. The fourth-order valence-electron chi connectivity index (χ4n) is 3.02. The monoisotopic (exact) mass is 410 g/mol. The second-order valence-corrected chi connectivity index (χ2v) is 7.65. The van der Waals surface area contributed by atoms with E-state index in [9.17, 15) is 4.79 Å². The molecule has 150 valence electrons. The number of fused-ring (bicyclic) bond motifs is 1. The molecule has 0 saturated carbocycles. The Morgan fingerprint density at radius 2 is 2.00 bits per heavy atom. The normalized spacial score (nSPS) is 13.3. The quantitative estimate of drug-likeness (QED) is 0.577. The van der Waals surface area contributed by atoms with Crippen LogP contribution in [0.4, 0.5) is 0 Å². The Kier molecular flexibility index (Phi) is 5.71. The summed E-state index contributed by atoms with van der Waals surface area (Å²) < 4.78 is 10.7. The zero-order chi connectivity index (χ0) is 20.2. The lowest BCUT2D eigenvalue weighted by Gasteiger charge is -2.14. The molecule has 0 spiro atoms. The van der Waals surface area contributed by atoms with Crippen molar-refractivity contribution in [1.82, 2.24) is 20.5 Å². The Hall–Kier alpha value is -3.00. The van der Waals surface area contributed by atoms with Crippen molar-refractivity contribution in [2.75, 3.05) is 12.5 Å². The topological polar surface area (TPSA) is 89.1 Å². The summed E-state index contributed by atoms with van der Waals surface area (Å²) in [4.78, 5) is 16.8. The molecule has 3 aromatic rings. The van der Waals surface area contributed by atoms with Gasteiger partial charge < -0.3 is 14.8 Å². The third kappa shape index (κ3) is 4.54. The first-order valence-electron chi connectivity index (χ1n) is 9.46. The van der Waals surface area contributed by atoms with Crippen LogP contribution in [0.1, 0.15) is 31.0 Å². The molecule has 1 aliphatic rings.